The van der Waals surface area contributed by atoms with Gasteiger partial charge < -0.3 is 16.0 Å². The van der Waals surface area contributed by atoms with Gasteiger partial charge in [0.1, 0.15) is 0 Å². The molecule has 0 aliphatic heterocycles. The van der Waals surface area contributed by atoms with Crippen molar-refractivity contribution < 1.29 is 9.59 Å². The van der Waals surface area contributed by atoms with E-state index >= 15 is 0 Å². The number of nitrogens with one attached hydrogen (secondary N) is 1. The second-order valence-corrected chi connectivity index (χ2v) is 5.19. The first-order valence-corrected chi connectivity index (χ1v) is 7.53. The number of para-hydroxylation sites is 1. The van der Waals surface area contributed by atoms with Crippen molar-refractivity contribution in [1.29, 1.82) is 0 Å². The number of primary amides is 1. The number of anilines is 2. The normalized spacial score (nSPS) is 10.2. The van der Waals surface area contributed by atoms with Crippen LogP contribution in [-0.2, 0) is 4.79 Å². The molecule has 0 atom stereocenters. The van der Waals surface area contributed by atoms with E-state index < -0.39 is 5.91 Å². The summed E-state index contributed by atoms with van der Waals surface area (Å²) in [6.45, 7) is 4.40. The summed E-state index contributed by atoms with van der Waals surface area (Å²) in [5.41, 5.74) is 8.05. The van der Waals surface area contributed by atoms with Crippen molar-refractivity contribution in [3.05, 3.63) is 59.7 Å². The lowest BCUT2D eigenvalue weighted by Gasteiger charge is -2.22. The predicted octanol–water partition coefficient (Wildman–Crippen LogP) is 2.56. The Morgan fingerprint density at radius 1 is 1.09 bits per heavy atom. The molecular formula is C18H21N3O2. The van der Waals surface area contributed by atoms with E-state index in [1.165, 1.54) is 0 Å². The van der Waals surface area contributed by atoms with Gasteiger partial charge in [-0.25, -0.2) is 0 Å². The first-order valence-electron chi connectivity index (χ1n) is 7.53. The van der Waals surface area contributed by atoms with Gasteiger partial charge in [0.05, 0.1) is 12.1 Å². The number of nitrogens with zero attached hydrogens (tertiary/aromatic N) is 1. The van der Waals surface area contributed by atoms with Gasteiger partial charge in [-0.05, 0) is 37.6 Å². The number of hydrogen-bond acceptors (Lipinski definition) is 3. The molecule has 0 unspecified atom stereocenters. The highest BCUT2D eigenvalue weighted by atomic mass is 16.2. The molecule has 2 aromatic rings. The van der Waals surface area contributed by atoms with E-state index in [0.717, 1.165) is 11.3 Å². The van der Waals surface area contributed by atoms with Gasteiger partial charge >= 0.3 is 0 Å². The summed E-state index contributed by atoms with van der Waals surface area (Å²) in [6, 6.07) is 14.9. The van der Waals surface area contributed by atoms with Gasteiger partial charge in [0.25, 0.3) is 5.91 Å². The smallest absolute Gasteiger partial charge is 0.251 e. The van der Waals surface area contributed by atoms with E-state index in [1.807, 2.05) is 56.3 Å². The molecule has 120 valence electrons. The number of carbonyl (C=O) groups excluding carboxylic acids is 2. The van der Waals surface area contributed by atoms with E-state index in [0.29, 0.717) is 17.8 Å². The summed E-state index contributed by atoms with van der Waals surface area (Å²) in [6.07, 6.45) is 0. The first kappa shape index (κ1) is 16.5. The quantitative estimate of drug-likeness (QED) is 0.861. The van der Waals surface area contributed by atoms with Gasteiger partial charge in [0.15, 0.2) is 0 Å². The number of rotatable bonds is 6. The molecule has 0 aliphatic rings. The lowest BCUT2D eigenvalue weighted by Crippen LogP contribution is -2.35. The van der Waals surface area contributed by atoms with Crippen LogP contribution in [0.5, 0.6) is 0 Å². The second-order valence-electron chi connectivity index (χ2n) is 5.19. The number of benzene rings is 2. The number of carbonyl (C=O) groups is 2. The minimum atomic E-state index is -0.506. The molecule has 0 heterocycles. The Labute approximate surface area is 136 Å². The fraction of sp³-hybridized carbons (Fsp3) is 0.222. The standard InChI is InChI=1S/C18H21N3O2/c1-3-21(14-9-5-4-6-10-14)16(22)12-20-15-11-7-8-13(2)17(15)18(19)23/h4-11,20H,3,12H2,1-2H3,(H2,19,23). The maximum absolute atomic E-state index is 12.5. The van der Waals surface area contributed by atoms with Gasteiger partial charge in [-0.2, -0.15) is 0 Å². The average molecular weight is 311 g/mol. The highest BCUT2D eigenvalue weighted by molar-refractivity contribution is 6.01. The molecule has 0 spiro atoms. The molecular weight excluding hydrogens is 290 g/mol. The zero-order valence-electron chi connectivity index (χ0n) is 13.4. The molecule has 2 rings (SSSR count). The van der Waals surface area contributed by atoms with E-state index in [2.05, 4.69) is 5.32 Å². The Hall–Kier alpha value is -2.82. The van der Waals surface area contributed by atoms with Crippen LogP contribution in [0, 0.1) is 6.92 Å². The summed E-state index contributed by atoms with van der Waals surface area (Å²) in [5.74, 6) is -0.580. The van der Waals surface area contributed by atoms with Crippen LogP contribution in [0.25, 0.3) is 0 Å². The highest BCUT2D eigenvalue weighted by Gasteiger charge is 2.15. The highest BCUT2D eigenvalue weighted by Crippen LogP contribution is 2.19. The van der Waals surface area contributed by atoms with E-state index in [-0.39, 0.29) is 12.5 Å². The van der Waals surface area contributed by atoms with Gasteiger partial charge in [0, 0.05) is 17.9 Å². The Kier molecular flexibility index (Phi) is 5.36. The number of aryl methyl sites for hydroxylation is 1. The van der Waals surface area contributed by atoms with E-state index in [1.54, 1.807) is 11.0 Å². The third-order valence-corrected chi connectivity index (χ3v) is 3.63. The van der Waals surface area contributed by atoms with Gasteiger partial charge in [-0.3, -0.25) is 9.59 Å². The Balaban J connectivity index is 2.13. The topological polar surface area (TPSA) is 75.4 Å². The average Bonchev–Trinajstić information content (AvgIpc) is 2.54. The number of nitrogens with two attached hydrogens (primary N) is 1. The molecule has 0 fully saturated rings. The van der Waals surface area contributed by atoms with Crippen LogP contribution >= 0.6 is 0 Å². The molecule has 2 aromatic carbocycles. The summed E-state index contributed by atoms with van der Waals surface area (Å²) >= 11 is 0. The number of likely N-dealkylation sites (N-methyl/N-ethyl adjacent to an activating group) is 1. The van der Waals surface area contributed by atoms with Crippen LogP contribution in [0.4, 0.5) is 11.4 Å². The van der Waals surface area contributed by atoms with Crippen molar-refractivity contribution in [2.45, 2.75) is 13.8 Å². The third-order valence-electron chi connectivity index (χ3n) is 3.63. The molecule has 0 bridgehead atoms. The monoisotopic (exact) mass is 311 g/mol. The predicted molar refractivity (Wildman–Crippen MR) is 92.7 cm³/mol. The van der Waals surface area contributed by atoms with Gasteiger partial charge in [-0.1, -0.05) is 30.3 Å². The summed E-state index contributed by atoms with van der Waals surface area (Å²) < 4.78 is 0. The van der Waals surface area contributed by atoms with Crippen molar-refractivity contribution in [2.75, 3.05) is 23.3 Å². The molecule has 23 heavy (non-hydrogen) atoms. The van der Waals surface area contributed by atoms with Crippen LogP contribution in [0.1, 0.15) is 22.8 Å². The number of amides is 2. The Morgan fingerprint density at radius 2 is 1.78 bits per heavy atom. The van der Waals surface area contributed by atoms with E-state index in [4.69, 9.17) is 5.73 Å². The maximum atomic E-state index is 12.5. The fourth-order valence-electron chi connectivity index (χ4n) is 2.52. The van der Waals surface area contributed by atoms with Crippen molar-refractivity contribution >= 4 is 23.2 Å². The van der Waals surface area contributed by atoms with Crippen molar-refractivity contribution in [2.24, 2.45) is 5.73 Å². The Morgan fingerprint density at radius 3 is 2.39 bits per heavy atom. The van der Waals surface area contributed by atoms with Crippen molar-refractivity contribution in [3.8, 4) is 0 Å². The molecule has 5 nitrogen and oxygen atoms in total. The molecule has 0 aliphatic carbocycles. The lowest BCUT2D eigenvalue weighted by molar-refractivity contribution is -0.116. The zero-order chi connectivity index (χ0) is 16.8. The molecule has 0 aromatic heterocycles. The zero-order valence-corrected chi connectivity index (χ0v) is 13.4. The molecule has 3 N–H and O–H groups in total. The van der Waals surface area contributed by atoms with Crippen LogP contribution in [0.15, 0.2) is 48.5 Å². The summed E-state index contributed by atoms with van der Waals surface area (Å²) in [4.78, 5) is 25.7. The summed E-state index contributed by atoms with van der Waals surface area (Å²) in [5, 5.41) is 3.03. The minimum Gasteiger partial charge on any atom is -0.375 e. The third kappa shape index (κ3) is 3.88. The van der Waals surface area contributed by atoms with E-state index in [9.17, 15) is 9.59 Å². The van der Waals surface area contributed by atoms with Crippen LogP contribution in [-0.4, -0.2) is 24.9 Å². The van der Waals surface area contributed by atoms with Gasteiger partial charge in [0.2, 0.25) is 5.91 Å². The Bertz CT molecular complexity index is 699. The van der Waals surface area contributed by atoms with Crippen molar-refractivity contribution in [1.82, 2.24) is 0 Å². The maximum Gasteiger partial charge on any atom is 0.251 e. The van der Waals surface area contributed by atoms with Crippen LogP contribution < -0.4 is 16.0 Å². The lowest BCUT2D eigenvalue weighted by atomic mass is 10.1. The molecule has 2 amide bonds. The SMILES string of the molecule is CCN(C(=O)CNc1cccc(C)c1C(N)=O)c1ccccc1. The van der Waals surface area contributed by atoms with Crippen LogP contribution in [0.3, 0.4) is 0 Å². The number of hydrogen-bond donors (Lipinski definition) is 2. The molecule has 0 saturated heterocycles. The van der Waals surface area contributed by atoms with Crippen LogP contribution in [0.2, 0.25) is 0 Å². The summed E-state index contributed by atoms with van der Waals surface area (Å²) in [7, 11) is 0. The molecule has 0 radical (unpaired) electrons. The van der Waals surface area contributed by atoms with Gasteiger partial charge in [-0.15, -0.1) is 0 Å². The van der Waals surface area contributed by atoms with Crippen molar-refractivity contribution in [3.63, 3.8) is 0 Å². The largest absolute Gasteiger partial charge is 0.375 e. The second kappa shape index (κ2) is 7.45. The molecule has 0 saturated carbocycles. The first-order chi connectivity index (χ1) is 11.0. The fourth-order valence-corrected chi connectivity index (χ4v) is 2.52. The molecule has 5 heteroatoms. The minimum absolute atomic E-state index is 0.0735.